The van der Waals surface area contributed by atoms with Crippen molar-refractivity contribution in [3.63, 3.8) is 0 Å². The number of likely N-dealkylation sites (N-methyl/N-ethyl adjacent to an activating group) is 1. The van der Waals surface area contributed by atoms with Gasteiger partial charge in [0.2, 0.25) is 0 Å². The molecule has 1 fully saturated rings. The lowest BCUT2D eigenvalue weighted by Gasteiger charge is -2.30. The van der Waals surface area contributed by atoms with Crippen LogP contribution in [0.5, 0.6) is 0 Å². The summed E-state index contributed by atoms with van der Waals surface area (Å²) in [5.74, 6) is 0.223. The molecule has 1 saturated heterocycles. The van der Waals surface area contributed by atoms with Crippen molar-refractivity contribution < 1.29 is 9.90 Å². The maximum absolute atomic E-state index is 11.3. The topological polar surface area (TPSA) is 52.6 Å². The number of thioether (sulfide) groups is 1. The number of nitrogens with one attached hydrogen (secondary N) is 1. The fourth-order valence-electron chi connectivity index (χ4n) is 1.83. The molecule has 4 nitrogen and oxygen atoms in total. The van der Waals surface area contributed by atoms with Crippen molar-refractivity contribution in [2.45, 2.75) is 24.1 Å². The number of carboxylic acid groups (broad SMARTS) is 1. The highest BCUT2D eigenvalue weighted by Crippen LogP contribution is 2.35. The Hall–Kier alpha value is -0.260. The Morgan fingerprint density at radius 1 is 1.67 bits per heavy atom. The lowest BCUT2D eigenvalue weighted by molar-refractivity contribution is -0.144. The van der Waals surface area contributed by atoms with Gasteiger partial charge in [-0.25, -0.2) is 0 Å². The van der Waals surface area contributed by atoms with Crippen molar-refractivity contribution in [1.29, 1.82) is 0 Å². The van der Waals surface area contributed by atoms with E-state index >= 15 is 0 Å². The predicted octanol–water partition coefficient (Wildman–Crippen LogP) is 0.486. The highest BCUT2D eigenvalue weighted by Gasteiger charge is 2.47. The molecule has 1 aliphatic heterocycles. The quantitative estimate of drug-likeness (QED) is 0.722. The Bertz CT molecular complexity index is 235. The summed E-state index contributed by atoms with van der Waals surface area (Å²) < 4.78 is 0. The van der Waals surface area contributed by atoms with E-state index in [9.17, 15) is 9.90 Å². The molecule has 5 heteroatoms. The fourth-order valence-corrected chi connectivity index (χ4v) is 3.21. The Morgan fingerprint density at radius 2 is 2.33 bits per heavy atom. The van der Waals surface area contributed by atoms with Crippen LogP contribution in [0.4, 0.5) is 0 Å². The molecule has 2 N–H and O–H groups in total. The lowest BCUT2D eigenvalue weighted by atomic mass is 9.93. The van der Waals surface area contributed by atoms with Gasteiger partial charge in [-0.3, -0.25) is 10.1 Å². The van der Waals surface area contributed by atoms with E-state index < -0.39 is 11.5 Å². The van der Waals surface area contributed by atoms with E-state index in [0.29, 0.717) is 0 Å². The number of hydrogen-bond acceptors (Lipinski definition) is 4. The lowest BCUT2D eigenvalue weighted by Crippen LogP contribution is -2.57. The van der Waals surface area contributed by atoms with Crippen LogP contribution in [-0.4, -0.2) is 59.7 Å². The number of nitrogens with zero attached hydrogens (tertiary/aromatic N) is 1. The van der Waals surface area contributed by atoms with Gasteiger partial charge in [-0.15, -0.1) is 0 Å². The second-order valence-corrected chi connectivity index (χ2v) is 5.72. The summed E-state index contributed by atoms with van der Waals surface area (Å²) in [5.41, 5.74) is -0.708. The molecule has 0 aromatic heterocycles. The first-order valence-corrected chi connectivity index (χ1v) is 6.28. The molecule has 0 aliphatic carbocycles. The third kappa shape index (κ3) is 2.86. The first kappa shape index (κ1) is 12.8. The normalized spacial score (nSPS) is 31.1. The van der Waals surface area contributed by atoms with Crippen LogP contribution in [0, 0.1) is 0 Å². The van der Waals surface area contributed by atoms with Gasteiger partial charge in [-0.2, -0.15) is 11.8 Å². The standard InChI is InChI=1S/C10H20N2O2S/c1-8-10(9(13)14,4-7-15-8)11-5-6-12(2)3/h8,11H,4-7H2,1-3H3,(H,13,14). The number of hydrogen-bond donors (Lipinski definition) is 2. The zero-order valence-electron chi connectivity index (χ0n) is 9.62. The van der Waals surface area contributed by atoms with Crippen molar-refractivity contribution in [2.24, 2.45) is 0 Å². The van der Waals surface area contributed by atoms with Crippen molar-refractivity contribution in [2.75, 3.05) is 32.9 Å². The molecule has 0 amide bonds. The van der Waals surface area contributed by atoms with Gasteiger partial charge in [0.15, 0.2) is 0 Å². The molecule has 15 heavy (non-hydrogen) atoms. The SMILES string of the molecule is CC1SCCC1(NCCN(C)C)C(=O)O. The van der Waals surface area contributed by atoms with Crippen LogP contribution in [0.3, 0.4) is 0 Å². The highest BCUT2D eigenvalue weighted by atomic mass is 32.2. The predicted molar refractivity (Wildman–Crippen MR) is 63.5 cm³/mol. The average molecular weight is 232 g/mol. The maximum Gasteiger partial charge on any atom is 0.325 e. The second-order valence-electron chi connectivity index (χ2n) is 4.27. The third-order valence-electron chi connectivity index (χ3n) is 2.94. The number of carboxylic acids is 1. The summed E-state index contributed by atoms with van der Waals surface area (Å²) in [6.45, 7) is 3.59. The summed E-state index contributed by atoms with van der Waals surface area (Å²) in [4.78, 5) is 13.4. The molecular formula is C10H20N2O2S. The van der Waals surface area contributed by atoms with E-state index in [1.165, 1.54) is 0 Å². The zero-order chi connectivity index (χ0) is 11.5. The Morgan fingerprint density at radius 3 is 2.73 bits per heavy atom. The number of carbonyl (C=O) groups is 1. The van der Waals surface area contributed by atoms with E-state index in [2.05, 4.69) is 10.2 Å². The van der Waals surface area contributed by atoms with Crippen molar-refractivity contribution in [3.05, 3.63) is 0 Å². The molecule has 2 atom stereocenters. The van der Waals surface area contributed by atoms with E-state index in [-0.39, 0.29) is 5.25 Å². The van der Waals surface area contributed by atoms with Crippen LogP contribution in [0.15, 0.2) is 0 Å². The van der Waals surface area contributed by atoms with Crippen LogP contribution < -0.4 is 5.32 Å². The van der Waals surface area contributed by atoms with Gasteiger partial charge in [0.05, 0.1) is 0 Å². The Balaban J connectivity index is 2.55. The zero-order valence-corrected chi connectivity index (χ0v) is 10.4. The minimum atomic E-state index is -0.709. The summed E-state index contributed by atoms with van der Waals surface area (Å²) >= 11 is 1.73. The largest absolute Gasteiger partial charge is 0.480 e. The summed E-state index contributed by atoms with van der Waals surface area (Å²) in [6.07, 6.45) is 0.724. The van der Waals surface area contributed by atoms with Crippen molar-refractivity contribution >= 4 is 17.7 Å². The van der Waals surface area contributed by atoms with Gasteiger partial charge < -0.3 is 10.0 Å². The van der Waals surface area contributed by atoms with Crippen LogP contribution >= 0.6 is 11.8 Å². The molecule has 0 bridgehead atoms. The van der Waals surface area contributed by atoms with E-state index in [0.717, 1.165) is 25.3 Å². The van der Waals surface area contributed by atoms with Gasteiger partial charge in [0, 0.05) is 18.3 Å². The summed E-state index contributed by atoms with van der Waals surface area (Å²) in [5, 5.41) is 12.7. The van der Waals surface area contributed by atoms with Crippen molar-refractivity contribution in [3.8, 4) is 0 Å². The molecule has 0 saturated carbocycles. The van der Waals surface area contributed by atoms with E-state index in [1.54, 1.807) is 11.8 Å². The molecule has 0 aromatic rings. The molecule has 88 valence electrons. The number of aliphatic carboxylic acids is 1. The average Bonchev–Trinajstić information content (AvgIpc) is 2.48. The Kier molecular flexibility index (Phi) is 4.43. The van der Waals surface area contributed by atoms with Gasteiger partial charge >= 0.3 is 5.97 Å². The van der Waals surface area contributed by atoms with Gasteiger partial charge in [0.25, 0.3) is 0 Å². The van der Waals surface area contributed by atoms with Crippen LogP contribution in [0.2, 0.25) is 0 Å². The fraction of sp³-hybridized carbons (Fsp3) is 0.900. The molecule has 0 aromatic carbocycles. The van der Waals surface area contributed by atoms with E-state index in [1.807, 2.05) is 21.0 Å². The first-order valence-electron chi connectivity index (χ1n) is 5.24. The number of rotatable bonds is 5. The van der Waals surface area contributed by atoms with Gasteiger partial charge in [-0.1, -0.05) is 6.92 Å². The van der Waals surface area contributed by atoms with Crippen LogP contribution in [-0.2, 0) is 4.79 Å². The van der Waals surface area contributed by atoms with Crippen molar-refractivity contribution in [1.82, 2.24) is 10.2 Å². The molecule has 1 aliphatic rings. The maximum atomic E-state index is 11.3. The molecule has 0 radical (unpaired) electrons. The minimum absolute atomic E-state index is 0.150. The Labute approximate surface area is 95.4 Å². The smallest absolute Gasteiger partial charge is 0.325 e. The monoisotopic (exact) mass is 232 g/mol. The molecular weight excluding hydrogens is 212 g/mol. The highest BCUT2D eigenvalue weighted by molar-refractivity contribution is 8.00. The minimum Gasteiger partial charge on any atom is -0.480 e. The summed E-state index contributed by atoms with van der Waals surface area (Å²) in [6, 6.07) is 0. The van der Waals surface area contributed by atoms with Crippen LogP contribution in [0.25, 0.3) is 0 Å². The molecule has 2 unspecified atom stereocenters. The second kappa shape index (κ2) is 5.18. The molecule has 1 heterocycles. The van der Waals surface area contributed by atoms with Gasteiger partial charge in [-0.05, 0) is 26.3 Å². The van der Waals surface area contributed by atoms with Gasteiger partial charge in [0.1, 0.15) is 5.54 Å². The molecule has 1 rings (SSSR count). The molecule has 0 spiro atoms. The van der Waals surface area contributed by atoms with E-state index in [4.69, 9.17) is 0 Å². The third-order valence-corrected chi connectivity index (χ3v) is 4.28. The summed E-state index contributed by atoms with van der Waals surface area (Å²) in [7, 11) is 3.98. The van der Waals surface area contributed by atoms with Crippen LogP contribution in [0.1, 0.15) is 13.3 Å². The first-order chi connectivity index (χ1) is 6.99.